The Balaban J connectivity index is 2.45. The van der Waals surface area contributed by atoms with Crippen LogP contribution in [-0.4, -0.2) is 4.98 Å². The van der Waals surface area contributed by atoms with E-state index in [0.29, 0.717) is 5.92 Å². The topological polar surface area (TPSA) is 38.9 Å². The van der Waals surface area contributed by atoms with Crippen LogP contribution in [-0.2, 0) is 0 Å². The van der Waals surface area contributed by atoms with E-state index in [4.69, 9.17) is 5.73 Å². The fourth-order valence-corrected chi connectivity index (χ4v) is 1.63. The largest absolute Gasteiger partial charge is 0.324 e. The average Bonchev–Trinajstić information content (AvgIpc) is 2.27. The van der Waals surface area contributed by atoms with Crippen molar-refractivity contribution in [3.63, 3.8) is 0 Å². The molecule has 2 nitrogen and oxygen atoms in total. The molecule has 2 heteroatoms. The molecule has 2 N–H and O–H groups in total. The first-order valence-corrected chi connectivity index (χ1v) is 5.50. The van der Waals surface area contributed by atoms with Gasteiger partial charge in [-0.05, 0) is 37.3 Å². The number of hydrogen-bond acceptors (Lipinski definition) is 2. The lowest BCUT2D eigenvalue weighted by molar-refractivity contribution is 0.477. The predicted molar refractivity (Wildman–Crippen MR) is 64.4 cm³/mol. The molecule has 0 aliphatic carbocycles. The Morgan fingerprint density at radius 3 is 2.93 bits per heavy atom. The molecule has 0 bridgehead atoms. The maximum absolute atomic E-state index is 6.10. The van der Waals surface area contributed by atoms with Crippen molar-refractivity contribution in [1.82, 2.24) is 4.98 Å². The summed E-state index contributed by atoms with van der Waals surface area (Å²) in [5.74, 6) is 0.622. The van der Waals surface area contributed by atoms with Crippen LogP contribution in [0.15, 0.2) is 36.7 Å². The highest BCUT2D eigenvalue weighted by atomic mass is 14.7. The molecule has 0 aromatic carbocycles. The summed E-state index contributed by atoms with van der Waals surface area (Å²) in [5, 5.41) is 0. The van der Waals surface area contributed by atoms with Crippen LogP contribution in [0.1, 0.15) is 38.3 Å². The SMILES string of the molecule is CC=CCC(C)CC(N)c1cccnc1. The van der Waals surface area contributed by atoms with Gasteiger partial charge < -0.3 is 5.73 Å². The van der Waals surface area contributed by atoms with Crippen LogP contribution in [0.4, 0.5) is 0 Å². The van der Waals surface area contributed by atoms with Crippen LogP contribution in [0.2, 0.25) is 0 Å². The van der Waals surface area contributed by atoms with Crippen molar-refractivity contribution < 1.29 is 0 Å². The van der Waals surface area contributed by atoms with E-state index in [1.165, 1.54) is 0 Å². The molecule has 2 atom stereocenters. The summed E-state index contributed by atoms with van der Waals surface area (Å²) in [6.07, 6.45) is 10.0. The molecule has 0 aliphatic rings. The molecule has 82 valence electrons. The Morgan fingerprint density at radius 2 is 2.33 bits per heavy atom. The summed E-state index contributed by atoms with van der Waals surface area (Å²) in [6.45, 7) is 4.28. The van der Waals surface area contributed by atoms with E-state index in [9.17, 15) is 0 Å². The average molecular weight is 204 g/mol. The lowest BCUT2D eigenvalue weighted by Crippen LogP contribution is -2.14. The molecule has 0 fully saturated rings. The van der Waals surface area contributed by atoms with Gasteiger partial charge in [0.1, 0.15) is 0 Å². The smallest absolute Gasteiger partial charge is 0.0315 e. The summed E-state index contributed by atoms with van der Waals surface area (Å²) >= 11 is 0. The van der Waals surface area contributed by atoms with Crippen LogP contribution in [0, 0.1) is 5.92 Å². The van der Waals surface area contributed by atoms with Crippen molar-refractivity contribution in [3.05, 3.63) is 42.2 Å². The maximum atomic E-state index is 6.10. The minimum Gasteiger partial charge on any atom is -0.324 e. The zero-order valence-corrected chi connectivity index (χ0v) is 9.56. The number of hydrogen-bond donors (Lipinski definition) is 1. The van der Waals surface area contributed by atoms with E-state index < -0.39 is 0 Å². The fourth-order valence-electron chi connectivity index (χ4n) is 1.63. The van der Waals surface area contributed by atoms with Crippen LogP contribution in [0.25, 0.3) is 0 Å². The summed E-state index contributed by atoms with van der Waals surface area (Å²) in [5.41, 5.74) is 7.23. The van der Waals surface area contributed by atoms with E-state index >= 15 is 0 Å². The monoisotopic (exact) mass is 204 g/mol. The fraction of sp³-hybridized carbons (Fsp3) is 0.462. The number of aromatic nitrogens is 1. The maximum Gasteiger partial charge on any atom is 0.0315 e. The van der Waals surface area contributed by atoms with Gasteiger partial charge >= 0.3 is 0 Å². The standard InChI is InChI=1S/C13H20N2/c1-3-4-6-11(2)9-13(14)12-7-5-8-15-10-12/h3-5,7-8,10-11,13H,6,9,14H2,1-2H3. The third-order valence-corrected chi connectivity index (χ3v) is 2.54. The molecule has 0 saturated carbocycles. The molecule has 15 heavy (non-hydrogen) atoms. The molecule has 0 radical (unpaired) electrons. The quantitative estimate of drug-likeness (QED) is 0.749. The minimum atomic E-state index is 0.110. The van der Waals surface area contributed by atoms with Crippen molar-refractivity contribution in [3.8, 4) is 0 Å². The van der Waals surface area contributed by atoms with Gasteiger partial charge in [0.2, 0.25) is 0 Å². The molecule has 0 spiro atoms. The molecule has 1 aromatic rings. The van der Waals surface area contributed by atoms with E-state index in [0.717, 1.165) is 18.4 Å². The highest BCUT2D eigenvalue weighted by Crippen LogP contribution is 2.20. The highest BCUT2D eigenvalue weighted by Gasteiger charge is 2.09. The van der Waals surface area contributed by atoms with Gasteiger partial charge in [0.05, 0.1) is 0 Å². The van der Waals surface area contributed by atoms with Gasteiger partial charge in [-0.15, -0.1) is 0 Å². The van der Waals surface area contributed by atoms with Crippen LogP contribution in [0.5, 0.6) is 0 Å². The summed E-state index contributed by atoms with van der Waals surface area (Å²) in [4.78, 5) is 4.08. The Hall–Kier alpha value is -1.15. The zero-order valence-electron chi connectivity index (χ0n) is 9.56. The molecular weight excluding hydrogens is 184 g/mol. The van der Waals surface area contributed by atoms with Gasteiger partial charge in [0.25, 0.3) is 0 Å². The van der Waals surface area contributed by atoms with Gasteiger partial charge in [0, 0.05) is 18.4 Å². The highest BCUT2D eigenvalue weighted by molar-refractivity contribution is 5.13. The first-order chi connectivity index (χ1) is 7.24. The number of nitrogens with two attached hydrogens (primary N) is 1. The van der Waals surface area contributed by atoms with E-state index in [2.05, 4.69) is 24.1 Å². The molecule has 2 unspecified atom stereocenters. The molecule has 0 aliphatic heterocycles. The summed E-state index contributed by atoms with van der Waals surface area (Å²) in [6, 6.07) is 4.09. The van der Waals surface area contributed by atoms with Crippen LogP contribution >= 0.6 is 0 Å². The van der Waals surface area contributed by atoms with Crippen molar-refractivity contribution in [1.29, 1.82) is 0 Å². The van der Waals surface area contributed by atoms with Crippen molar-refractivity contribution in [2.45, 2.75) is 32.7 Å². The summed E-state index contributed by atoms with van der Waals surface area (Å²) in [7, 11) is 0. The lowest BCUT2D eigenvalue weighted by atomic mass is 9.95. The second-order valence-electron chi connectivity index (χ2n) is 4.04. The molecular formula is C13H20N2. The van der Waals surface area contributed by atoms with E-state index in [-0.39, 0.29) is 6.04 Å². The van der Waals surface area contributed by atoms with Gasteiger partial charge in [-0.2, -0.15) is 0 Å². The Bertz CT molecular complexity index is 293. The van der Waals surface area contributed by atoms with Crippen molar-refractivity contribution in [2.24, 2.45) is 11.7 Å². The first-order valence-electron chi connectivity index (χ1n) is 5.50. The molecule has 0 saturated heterocycles. The normalized spacial score (nSPS) is 15.4. The van der Waals surface area contributed by atoms with E-state index in [1.54, 1.807) is 6.20 Å². The minimum absolute atomic E-state index is 0.110. The lowest BCUT2D eigenvalue weighted by Gasteiger charge is -2.15. The molecule has 0 amide bonds. The third-order valence-electron chi connectivity index (χ3n) is 2.54. The number of pyridine rings is 1. The van der Waals surface area contributed by atoms with Crippen molar-refractivity contribution in [2.75, 3.05) is 0 Å². The Morgan fingerprint density at radius 1 is 1.53 bits per heavy atom. The second kappa shape index (κ2) is 6.36. The number of allylic oxidation sites excluding steroid dienone is 2. The van der Waals surface area contributed by atoms with Gasteiger partial charge in [-0.3, -0.25) is 4.98 Å². The molecule has 1 rings (SSSR count). The predicted octanol–water partition coefficient (Wildman–Crippen LogP) is 3.07. The van der Waals surface area contributed by atoms with Crippen LogP contribution < -0.4 is 5.73 Å². The van der Waals surface area contributed by atoms with Gasteiger partial charge in [0.15, 0.2) is 0 Å². The second-order valence-corrected chi connectivity index (χ2v) is 4.04. The third kappa shape index (κ3) is 4.26. The Labute approximate surface area is 92.2 Å². The molecule has 1 aromatic heterocycles. The Kier molecular flexibility index (Phi) is 5.05. The summed E-state index contributed by atoms with van der Waals surface area (Å²) < 4.78 is 0. The van der Waals surface area contributed by atoms with Crippen molar-refractivity contribution >= 4 is 0 Å². The number of nitrogens with zero attached hydrogens (tertiary/aromatic N) is 1. The number of rotatable bonds is 5. The van der Waals surface area contributed by atoms with Gasteiger partial charge in [-0.25, -0.2) is 0 Å². The van der Waals surface area contributed by atoms with Crippen LogP contribution in [0.3, 0.4) is 0 Å². The van der Waals surface area contributed by atoms with Gasteiger partial charge in [-0.1, -0.05) is 25.1 Å². The first kappa shape index (κ1) is 11.9. The zero-order chi connectivity index (χ0) is 11.1. The van der Waals surface area contributed by atoms with E-state index in [1.807, 2.05) is 25.3 Å². The molecule has 1 heterocycles.